The first-order valence-corrected chi connectivity index (χ1v) is 5.71. The third-order valence-electron chi connectivity index (χ3n) is 2.38. The largest absolute Gasteiger partial charge is 0.382 e. The van der Waals surface area contributed by atoms with Gasteiger partial charge in [-0.3, -0.25) is 0 Å². The number of benzene rings is 1. The maximum absolute atomic E-state index is 13.4. The van der Waals surface area contributed by atoms with Gasteiger partial charge in [0.1, 0.15) is 5.82 Å². The Morgan fingerprint density at radius 3 is 2.82 bits per heavy atom. The van der Waals surface area contributed by atoms with E-state index < -0.39 is 0 Å². The smallest absolute Gasteiger partial charge is 0.127 e. The fourth-order valence-corrected chi connectivity index (χ4v) is 1.64. The van der Waals surface area contributed by atoms with Crippen molar-refractivity contribution in [1.29, 1.82) is 0 Å². The zero-order chi connectivity index (χ0) is 12.7. The topological polar surface area (TPSA) is 30.5 Å². The maximum Gasteiger partial charge on any atom is 0.127 e. The van der Waals surface area contributed by atoms with Crippen LogP contribution >= 0.6 is 11.6 Å². The fraction of sp³-hybridized carbons (Fsp3) is 0.500. The first-order valence-electron chi connectivity index (χ1n) is 5.33. The molecule has 0 radical (unpaired) electrons. The van der Waals surface area contributed by atoms with E-state index in [1.807, 2.05) is 0 Å². The minimum Gasteiger partial charge on any atom is -0.382 e. The lowest BCUT2D eigenvalue weighted by atomic mass is 10.2. The highest BCUT2D eigenvalue weighted by Gasteiger charge is 2.07. The molecule has 0 amide bonds. The summed E-state index contributed by atoms with van der Waals surface area (Å²) in [6.07, 6.45) is -0.0396. The lowest BCUT2D eigenvalue weighted by Crippen LogP contribution is -2.31. The van der Waals surface area contributed by atoms with Gasteiger partial charge in [-0.2, -0.15) is 0 Å². The SMILES string of the molecule is COCC(CNCc1cc(Cl)ccc1F)OC. The van der Waals surface area contributed by atoms with Crippen LogP contribution in [0.2, 0.25) is 5.02 Å². The normalized spacial score (nSPS) is 12.7. The average molecular weight is 262 g/mol. The van der Waals surface area contributed by atoms with Crippen LogP contribution in [0.4, 0.5) is 4.39 Å². The molecular weight excluding hydrogens is 245 g/mol. The third-order valence-corrected chi connectivity index (χ3v) is 2.62. The second kappa shape index (κ2) is 7.61. The van der Waals surface area contributed by atoms with E-state index in [1.165, 1.54) is 12.1 Å². The predicted molar refractivity (Wildman–Crippen MR) is 65.8 cm³/mol. The molecule has 0 aromatic heterocycles. The summed E-state index contributed by atoms with van der Waals surface area (Å²) < 4.78 is 23.5. The van der Waals surface area contributed by atoms with E-state index in [9.17, 15) is 4.39 Å². The molecule has 1 unspecified atom stereocenters. The van der Waals surface area contributed by atoms with Gasteiger partial charge in [0.05, 0.1) is 12.7 Å². The highest BCUT2D eigenvalue weighted by atomic mass is 35.5. The van der Waals surface area contributed by atoms with Gasteiger partial charge in [-0.1, -0.05) is 11.6 Å². The van der Waals surface area contributed by atoms with Crippen LogP contribution in [0.3, 0.4) is 0 Å². The van der Waals surface area contributed by atoms with Crippen LogP contribution in [0.5, 0.6) is 0 Å². The Labute approximate surface area is 106 Å². The molecule has 17 heavy (non-hydrogen) atoms. The van der Waals surface area contributed by atoms with Crippen molar-refractivity contribution in [2.45, 2.75) is 12.6 Å². The van der Waals surface area contributed by atoms with Crippen LogP contribution in [-0.4, -0.2) is 33.5 Å². The average Bonchev–Trinajstić information content (AvgIpc) is 2.32. The Kier molecular flexibility index (Phi) is 6.44. The fourth-order valence-electron chi connectivity index (χ4n) is 1.44. The van der Waals surface area contributed by atoms with E-state index in [0.29, 0.717) is 30.3 Å². The second-order valence-electron chi connectivity index (χ2n) is 3.68. The summed E-state index contributed by atoms with van der Waals surface area (Å²) in [4.78, 5) is 0. The number of nitrogens with one attached hydrogen (secondary N) is 1. The summed E-state index contributed by atoms with van der Waals surface area (Å²) >= 11 is 5.80. The van der Waals surface area contributed by atoms with Gasteiger partial charge in [0.15, 0.2) is 0 Å². The quantitative estimate of drug-likeness (QED) is 0.817. The first-order chi connectivity index (χ1) is 8.17. The lowest BCUT2D eigenvalue weighted by molar-refractivity contribution is 0.0287. The monoisotopic (exact) mass is 261 g/mol. The molecule has 1 rings (SSSR count). The third kappa shape index (κ3) is 5.00. The minimum atomic E-state index is -0.261. The second-order valence-corrected chi connectivity index (χ2v) is 4.12. The molecule has 0 aliphatic heterocycles. The van der Waals surface area contributed by atoms with Gasteiger partial charge in [0, 0.05) is 37.9 Å². The summed E-state index contributed by atoms with van der Waals surface area (Å²) in [6, 6.07) is 4.51. The molecule has 0 bridgehead atoms. The maximum atomic E-state index is 13.4. The van der Waals surface area contributed by atoms with Crippen molar-refractivity contribution in [3.05, 3.63) is 34.6 Å². The molecule has 1 aromatic carbocycles. The highest BCUT2D eigenvalue weighted by Crippen LogP contribution is 2.14. The Balaban J connectivity index is 2.42. The molecule has 0 fully saturated rings. The number of hydrogen-bond acceptors (Lipinski definition) is 3. The number of halogens is 2. The molecule has 96 valence electrons. The van der Waals surface area contributed by atoms with Crippen LogP contribution in [0.25, 0.3) is 0 Å². The van der Waals surface area contributed by atoms with E-state index in [-0.39, 0.29) is 11.9 Å². The van der Waals surface area contributed by atoms with Crippen LogP contribution in [0.1, 0.15) is 5.56 Å². The molecule has 1 N–H and O–H groups in total. The Hall–Kier alpha value is -0.680. The number of rotatable bonds is 7. The molecule has 3 nitrogen and oxygen atoms in total. The first kappa shape index (κ1) is 14.4. The summed E-state index contributed by atoms with van der Waals surface area (Å²) in [7, 11) is 3.23. The Bertz CT molecular complexity index is 349. The van der Waals surface area contributed by atoms with Crippen LogP contribution in [0, 0.1) is 5.82 Å². The van der Waals surface area contributed by atoms with Crippen molar-refractivity contribution in [1.82, 2.24) is 5.32 Å². The minimum absolute atomic E-state index is 0.0396. The Morgan fingerprint density at radius 1 is 1.41 bits per heavy atom. The molecule has 0 saturated heterocycles. The molecule has 5 heteroatoms. The van der Waals surface area contributed by atoms with Gasteiger partial charge < -0.3 is 14.8 Å². The molecule has 0 spiro atoms. The summed E-state index contributed by atoms with van der Waals surface area (Å²) in [6.45, 7) is 1.51. The van der Waals surface area contributed by atoms with Gasteiger partial charge in [0.2, 0.25) is 0 Å². The van der Waals surface area contributed by atoms with Gasteiger partial charge in [-0.25, -0.2) is 4.39 Å². The van der Waals surface area contributed by atoms with E-state index in [4.69, 9.17) is 21.1 Å². The standard InChI is InChI=1S/C12H17ClFNO2/c1-16-8-11(17-2)7-15-6-9-5-10(13)3-4-12(9)14/h3-5,11,15H,6-8H2,1-2H3. The van der Waals surface area contributed by atoms with Gasteiger partial charge >= 0.3 is 0 Å². The van der Waals surface area contributed by atoms with Gasteiger partial charge in [-0.15, -0.1) is 0 Å². The number of hydrogen-bond donors (Lipinski definition) is 1. The highest BCUT2D eigenvalue weighted by molar-refractivity contribution is 6.30. The van der Waals surface area contributed by atoms with Crippen LogP contribution < -0.4 is 5.32 Å². The molecule has 1 atom stereocenters. The molecule has 0 heterocycles. The molecule has 0 aliphatic carbocycles. The summed E-state index contributed by atoms with van der Waals surface area (Å²) in [5.41, 5.74) is 0.546. The predicted octanol–water partition coefficient (Wildman–Crippen LogP) is 2.23. The van der Waals surface area contributed by atoms with Gasteiger partial charge in [0.25, 0.3) is 0 Å². The van der Waals surface area contributed by atoms with Crippen molar-refractivity contribution in [3.63, 3.8) is 0 Å². The van der Waals surface area contributed by atoms with E-state index in [0.717, 1.165) is 0 Å². The zero-order valence-corrected chi connectivity index (χ0v) is 10.8. The molecule has 1 aromatic rings. The van der Waals surface area contributed by atoms with E-state index >= 15 is 0 Å². The van der Waals surface area contributed by atoms with E-state index in [2.05, 4.69) is 5.32 Å². The van der Waals surface area contributed by atoms with Crippen molar-refractivity contribution in [2.24, 2.45) is 0 Å². The Morgan fingerprint density at radius 2 is 2.18 bits per heavy atom. The lowest BCUT2D eigenvalue weighted by Gasteiger charge is -2.15. The zero-order valence-electron chi connectivity index (χ0n) is 10.0. The van der Waals surface area contributed by atoms with Crippen LogP contribution in [0.15, 0.2) is 18.2 Å². The molecular formula is C12H17ClFNO2. The number of methoxy groups -OCH3 is 2. The van der Waals surface area contributed by atoms with Crippen molar-refractivity contribution in [3.8, 4) is 0 Å². The summed E-state index contributed by atoms with van der Waals surface area (Å²) in [5.74, 6) is -0.261. The van der Waals surface area contributed by atoms with Crippen molar-refractivity contribution < 1.29 is 13.9 Å². The molecule has 0 saturated carbocycles. The van der Waals surface area contributed by atoms with Crippen molar-refractivity contribution >= 4 is 11.6 Å². The van der Waals surface area contributed by atoms with E-state index in [1.54, 1.807) is 20.3 Å². The number of ether oxygens (including phenoxy) is 2. The molecule has 0 aliphatic rings. The van der Waals surface area contributed by atoms with Crippen LogP contribution in [-0.2, 0) is 16.0 Å². The summed E-state index contributed by atoms with van der Waals surface area (Å²) in [5, 5.41) is 3.63. The van der Waals surface area contributed by atoms with Gasteiger partial charge in [-0.05, 0) is 18.2 Å². The van der Waals surface area contributed by atoms with Crippen molar-refractivity contribution in [2.75, 3.05) is 27.4 Å².